The van der Waals surface area contributed by atoms with Crippen molar-refractivity contribution in [3.05, 3.63) is 24.3 Å². The van der Waals surface area contributed by atoms with Crippen molar-refractivity contribution in [2.75, 3.05) is 17.6 Å². The Hall–Kier alpha value is -2.28. The smallest absolute Gasteiger partial charge is 0.407 e. The molecule has 1 aromatic carbocycles. The first-order chi connectivity index (χ1) is 11.7. The summed E-state index contributed by atoms with van der Waals surface area (Å²) in [6.45, 7) is 6.02. The molecule has 138 valence electrons. The van der Waals surface area contributed by atoms with Gasteiger partial charge in [-0.25, -0.2) is 4.79 Å². The van der Waals surface area contributed by atoms with Crippen LogP contribution in [0.1, 0.15) is 40.0 Å². The molecule has 1 heterocycles. The maximum Gasteiger partial charge on any atom is 0.407 e. The normalized spacial score (nSPS) is 19.2. The van der Waals surface area contributed by atoms with Crippen molar-refractivity contribution in [1.82, 2.24) is 5.32 Å². The molecule has 0 bridgehead atoms. The van der Waals surface area contributed by atoms with Crippen LogP contribution in [0.4, 0.5) is 16.2 Å². The van der Waals surface area contributed by atoms with E-state index in [1.807, 2.05) is 20.8 Å². The first-order valence-electron chi connectivity index (χ1n) is 8.53. The first kappa shape index (κ1) is 19.1. The van der Waals surface area contributed by atoms with Gasteiger partial charge in [0.1, 0.15) is 5.60 Å². The molecule has 0 aliphatic carbocycles. The summed E-state index contributed by atoms with van der Waals surface area (Å²) in [7, 11) is 0. The van der Waals surface area contributed by atoms with Crippen LogP contribution in [0.15, 0.2) is 24.3 Å². The Labute approximate surface area is 148 Å². The van der Waals surface area contributed by atoms with E-state index in [1.165, 1.54) is 0 Å². The van der Waals surface area contributed by atoms with E-state index in [9.17, 15) is 9.59 Å². The molecule has 1 fully saturated rings. The lowest BCUT2D eigenvalue weighted by Gasteiger charge is -2.19. The van der Waals surface area contributed by atoms with Crippen LogP contribution in [-0.2, 0) is 14.3 Å². The number of carbonyl (C=O) groups excluding carboxylic acids is 2. The summed E-state index contributed by atoms with van der Waals surface area (Å²) >= 11 is 0. The number of nitrogen functional groups attached to an aromatic ring is 1. The zero-order chi connectivity index (χ0) is 18.4. The number of epoxide rings is 1. The molecule has 2 atom stereocenters. The predicted octanol–water partition coefficient (Wildman–Crippen LogP) is 2.67. The van der Waals surface area contributed by atoms with Crippen LogP contribution in [0.3, 0.4) is 0 Å². The number of carbonyl (C=O) groups is 2. The van der Waals surface area contributed by atoms with Crippen LogP contribution in [-0.4, -0.2) is 36.4 Å². The number of anilines is 2. The van der Waals surface area contributed by atoms with Gasteiger partial charge in [0.15, 0.2) is 6.10 Å². The largest absolute Gasteiger partial charge is 0.444 e. The summed E-state index contributed by atoms with van der Waals surface area (Å²) in [5, 5.41) is 5.51. The van der Waals surface area contributed by atoms with Crippen molar-refractivity contribution >= 4 is 23.4 Å². The minimum Gasteiger partial charge on any atom is -0.444 e. The van der Waals surface area contributed by atoms with Crippen LogP contribution in [0, 0.1) is 0 Å². The molecule has 0 unspecified atom stereocenters. The van der Waals surface area contributed by atoms with E-state index in [-0.39, 0.29) is 12.0 Å². The molecular formula is C18H27N3O4. The third-order valence-corrected chi connectivity index (χ3v) is 3.58. The van der Waals surface area contributed by atoms with Crippen LogP contribution >= 0.6 is 0 Å². The zero-order valence-corrected chi connectivity index (χ0v) is 15.0. The number of nitrogens with one attached hydrogen (secondary N) is 2. The van der Waals surface area contributed by atoms with Crippen molar-refractivity contribution in [3.63, 3.8) is 0 Å². The van der Waals surface area contributed by atoms with Gasteiger partial charge < -0.3 is 25.8 Å². The van der Waals surface area contributed by atoms with Gasteiger partial charge in [-0.15, -0.1) is 0 Å². The molecule has 2 rings (SSSR count). The van der Waals surface area contributed by atoms with Gasteiger partial charge in [0.25, 0.3) is 5.91 Å². The number of alkyl carbamates (subject to hydrolysis) is 1. The molecule has 2 amide bonds. The summed E-state index contributed by atoms with van der Waals surface area (Å²) < 4.78 is 10.6. The highest BCUT2D eigenvalue weighted by Gasteiger charge is 2.44. The molecule has 1 aliphatic rings. The van der Waals surface area contributed by atoms with Gasteiger partial charge in [0, 0.05) is 17.9 Å². The molecule has 25 heavy (non-hydrogen) atoms. The lowest BCUT2D eigenvalue weighted by Crippen LogP contribution is -2.33. The summed E-state index contributed by atoms with van der Waals surface area (Å²) in [5.41, 5.74) is 6.46. The fourth-order valence-corrected chi connectivity index (χ4v) is 2.40. The molecule has 0 spiro atoms. The van der Waals surface area contributed by atoms with Crippen LogP contribution < -0.4 is 16.4 Å². The van der Waals surface area contributed by atoms with Gasteiger partial charge in [0.2, 0.25) is 0 Å². The van der Waals surface area contributed by atoms with E-state index < -0.39 is 17.8 Å². The summed E-state index contributed by atoms with van der Waals surface area (Å²) in [5.74, 6) is -0.150. The van der Waals surface area contributed by atoms with Gasteiger partial charge in [-0.1, -0.05) is 6.07 Å². The number of hydrogen-bond acceptors (Lipinski definition) is 5. The average Bonchev–Trinajstić information content (AvgIpc) is 3.24. The lowest BCUT2D eigenvalue weighted by atomic mass is 10.1. The maximum absolute atomic E-state index is 12.1. The number of unbranched alkanes of at least 4 members (excludes halogenated alkanes) is 1. The molecule has 0 radical (unpaired) electrons. The fraction of sp³-hybridized carbons (Fsp3) is 0.556. The second kappa shape index (κ2) is 8.20. The summed E-state index contributed by atoms with van der Waals surface area (Å²) in [6.07, 6.45) is 1.59. The lowest BCUT2D eigenvalue weighted by molar-refractivity contribution is -0.117. The van der Waals surface area contributed by atoms with E-state index >= 15 is 0 Å². The minimum atomic E-state index is -0.490. The standard InChI is InChI=1S/C18H27N3O4/c1-18(2,3)25-17(23)20-10-5-4-9-14-15(24-14)16(22)21-13-8-6-7-12(19)11-13/h6-8,11,14-15H,4-5,9-10,19H2,1-3H3,(H,20,23)(H,21,22)/t14-,15+/m1/s1. The monoisotopic (exact) mass is 349 g/mol. The van der Waals surface area contributed by atoms with Crippen molar-refractivity contribution in [2.24, 2.45) is 0 Å². The molecule has 1 saturated heterocycles. The molecule has 7 heteroatoms. The number of hydrogen-bond donors (Lipinski definition) is 3. The van der Waals surface area contributed by atoms with E-state index in [0.29, 0.717) is 17.9 Å². The average molecular weight is 349 g/mol. The van der Waals surface area contributed by atoms with E-state index in [2.05, 4.69) is 10.6 Å². The van der Waals surface area contributed by atoms with Gasteiger partial charge in [-0.3, -0.25) is 4.79 Å². The van der Waals surface area contributed by atoms with E-state index in [0.717, 1.165) is 19.3 Å². The van der Waals surface area contributed by atoms with Crippen molar-refractivity contribution in [3.8, 4) is 0 Å². The SMILES string of the molecule is CC(C)(C)OC(=O)NCCCC[C@H]1O[C@@H]1C(=O)Nc1cccc(N)c1. The Balaban J connectivity index is 1.57. The minimum absolute atomic E-state index is 0.0532. The Kier molecular flexibility index (Phi) is 6.25. The van der Waals surface area contributed by atoms with Gasteiger partial charge >= 0.3 is 6.09 Å². The topological polar surface area (TPSA) is 106 Å². The molecule has 7 nitrogen and oxygen atoms in total. The highest BCUT2D eigenvalue weighted by molar-refractivity contribution is 5.96. The summed E-state index contributed by atoms with van der Waals surface area (Å²) in [4.78, 5) is 23.5. The second-order valence-corrected chi connectivity index (χ2v) is 7.13. The number of amides is 2. The second-order valence-electron chi connectivity index (χ2n) is 7.13. The first-order valence-corrected chi connectivity index (χ1v) is 8.53. The van der Waals surface area contributed by atoms with E-state index in [4.69, 9.17) is 15.2 Å². The van der Waals surface area contributed by atoms with Crippen LogP contribution in [0.25, 0.3) is 0 Å². The number of rotatable bonds is 7. The molecule has 4 N–H and O–H groups in total. The van der Waals surface area contributed by atoms with Crippen molar-refractivity contribution < 1.29 is 19.1 Å². The van der Waals surface area contributed by atoms with Gasteiger partial charge in [0.05, 0.1) is 6.10 Å². The van der Waals surface area contributed by atoms with Crippen molar-refractivity contribution in [1.29, 1.82) is 0 Å². The quantitative estimate of drug-likeness (QED) is 0.399. The number of ether oxygens (including phenoxy) is 2. The molecule has 1 aliphatic heterocycles. The molecule has 0 saturated carbocycles. The number of nitrogens with two attached hydrogens (primary N) is 1. The Morgan fingerprint density at radius 3 is 2.72 bits per heavy atom. The van der Waals surface area contributed by atoms with Gasteiger partial charge in [-0.2, -0.15) is 0 Å². The molecule has 0 aromatic heterocycles. The Bertz CT molecular complexity index is 613. The summed E-state index contributed by atoms with van der Waals surface area (Å²) in [6, 6.07) is 7.04. The maximum atomic E-state index is 12.1. The Morgan fingerprint density at radius 2 is 2.04 bits per heavy atom. The van der Waals surface area contributed by atoms with Crippen LogP contribution in [0.5, 0.6) is 0 Å². The number of benzene rings is 1. The highest BCUT2D eigenvalue weighted by Crippen LogP contribution is 2.28. The predicted molar refractivity (Wildman–Crippen MR) is 96.2 cm³/mol. The molecular weight excluding hydrogens is 322 g/mol. The highest BCUT2D eigenvalue weighted by atomic mass is 16.6. The van der Waals surface area contributed by atoms with Crippen molar-refractivity contribution in [2.45, 2.75) is 57.8 Å². The van der Waals surface area contributed by atoms with Gasteiger partial charge in [-0.05, 0) is 58.2 Å². The third-order valence-electron chi connectivity index (χ3n) is 3.58. The fourth-order valence-electron chi connectivity index (χ4n) is 2.40. The van der Waals surface area contributed by atoms with Crippen LogP contribution in [0.2, 0.25) is 0 Å². The zero-order valence-electron chi connectivity index (χ0n) is 15.0. The van der Waals surface area contributed by atoms with E-state index in [1.54, 1.807) is 24.3 Å². The molecule has 1 aromatic rings. The third kappa shape index (κ3) is 7.01. The Morgan fingerprint density at radius 1 is 1.28 bits per heavy atom.